The summed E-state index contributed by atoms with van der Waals surface area (Å²) in [7, 11) is 0. The second kappa shape index (κ2) is 4.12. The molecule has 0 bridgehead atoms. The minimum atomic E-state index is -0.0679. The molecule has 2 saturated carbocycles. The molecule has 0 saturated heterocycles. The normalized spacial score (nSPS) is 34.3. The van der Waals surface area contributed by atoms with Crippen LogP contribution in [-0.2, 0) is 4.79 Å². The van der Waals surface area contributed by atoms with Crippen LogP contribution in [0.3, 0.4) is 0 Å². The SMILES string of the molecule is CC1(C(=O)NC2CCCC(N)C2)CCC1. The third-order valence-electron chi connectivity index (χ3n) is 4.06. The average molecular weight is 210 g/mol. The number of rotatable bonds is 2. The van der Waals surface area contributed by atoms with Crippen LogP contribution in [0.1, 0.15) is 51.9 Å². The Morgan fingerprint density at radius 2 is 2.07 bits per heavy atom. The van der Waals surface area contributed by atoms with Gasteiger partial charge >= 0.3 is 0 Å². The van der Waals surface area contributed by atoms with Crippen LogP contribution in [0.25, 0.3) is 0 Å². The fourth-order valence-corrected chi connectivity index (χ4v) is 2.65. The van der Waals surface area contributed by atoms with Gasteiger partial charge in [0.1, 0.15) is 0 Å². The molecule has 3 heteroatoms. The van der Waals surface area contributed by atoms with Crippen molar-refractivity contribution in [2.75, 3.05) is 0 Å². The van der Waals surface area contributed by atoms with E-state index in [0.717, 1.165) is 38.5 Å². The van der Waals surface area contributed by atoms with Crippen molar-refractivity contribution >= 4 is 5.91 Å². The van der Waals surface area contributed by atoms with E-state index >= 15 is 0 Å². The van der Waals surface area contributed by atoms with Gasteiger partial charge in [-0.25, -0.2) is 0 Å². The van der Waals surface area contributed by atoms with Gasteiger partial charge in [0.15, 0.2) is 0 Å². The second-order valence-electron chi connectivity index (χ2n) is 5.51. The molecule has 2 aliphatic carbocycles. The molecule has 1 amide bonds. The number of amides is 1. The predicted molar refractivity (Wildman–Crippen MR) is 60.3 cm³/mol. The minimum Gasteiger partial charge on any atom is -0.353 e. The van der Waals surface area contributed by atoms with Crippen molar-refractivity contribution in [2.24, 2.45) is 11.1 Å². The van der Waals surface area contributed by atoms with E-state index < -0.39 is 0 Å². The molecule has 2 fully saturated rings. The summed E-state index contributed by atoms with van der Waals surface area (Å²) in [5.74, 6) is 0.257. The molecular formula is C12H22N2O. The maximum Gasteiger partial charge on any atom is 0.226 e. The van der Waals surface area contributed by atoms with Gasteiger partial charge in [-0.1, -0.05) is 13.3 Å². The van der Waals surface area contributed by atoms with Crippen molar-refractivity contribution in [1.29, 1.82) is 0 Å². The fraction of sp³-hybridized carbons (Fsp3) is 0.917. The maximum absolute atomic E-state index is 12.0. The summed E-state index contributed by atoms with van der Waals surface area (Å²) < 4.78 is 0. The molecule has 3 N–H and O–H groups in total. The Balaban J connectivity index is 1.83. The molecular weight excluding hydrogens is 188 g/mol. The quantitative estimate of drug-likeness (QED) is 0.726. The summed E-state index contributed by atoms with van der Waals surface area (Å²) in [5.41, 5.74) is 5.84. The zero-order chi connectivity index (χ0) is 10.9. The van der Waals surface area contributed by atoms with Crippen LogP contribution < -0.4 is 11.1 Å². The number of hydrogen-bond donors (Lipinski definition) is 2. The molecule has 2 aliphatic rings. The summed E-state index contributed by atoms with van der Waals surface area (Å²) >= 11 is 0. The molecule has 2 atom stereocenters. The van der Waals surface area contributed by atoms with E-state index in [1.165, 1.54) is 6.42 Å². The van der Waals surface area contributed by atoms with Gasteiger partial charge in [-0.3, -0.25) is 4.79 Å². The molecule has 3 nitrogen and oxygen atoms in total. The van der Waals surface area contributed by atoms with E-state index in [-0.39, 0.29) is 11.3 Å². The van der Waals surface area contributed by atoms with Crippen LogP contribution in [0, 0.1) is 5.41 Å². The van der Waals surface area contributed by atoms with Gasteiger partial charge in [0.05, 0.1) is 0 Å². The van der Waals surface area contributed by atoms with Crippen molar-refractivity contribution in [3.8, 4) is 0 Å². The lowest BCUT2D eigenvalue weighted by atomic mass is 9.69. The third kappa shape index (κ3) is 2.33. The molecule has 0 heterocycles. The maximum atomic E-state index is 12.0. The molecule has 15 heavy (non-hydrogen) atoms. The first kappa shape index (κ1) is 10.9. The Kier molecular flexibility index (Phi) is 3.01. The van der Waals surface area contributed by atoms with Gasteiger partial charge in [0, 0.05) is 17.5 Å². The Morgan fingerprint density at radius 3 is 2.60 bits per heavy atom. The van der Waals surface area contributed by atoms with Crippen LogP contribution in [0.15, 0.2) is 0 Å². The highest BCUT2D eigenvalue weighted by Crippen LogP contribution is 2.40. The summed E-state index contributed by atoms with van der Waals surface area (Å²) in [6.45, 7) is 2.08. The zero-order valence-corrected chi connectivity index (χ0v) is 9.59. The number of carbonyl (C=O) groups excluding carboxylic acids is 1. The molecule has 0 spiro atoms. The molecule has 0 aromatic rings. The lowest BCUT2D eigenvalue weighted by Crippen LogP contribution is -2.49. The molecule has 0 aromatic heterocycles. The van der Waals surface area contributed by atoms with Crippen molar-refractivity contribution in [2.45, 2.75) is 64.0 Å². The lowest BCUT2D eigenvalue weighted by molar-refractivity contribution is -0.135. The summed E-state index contributed by atoms with van der Waals surface area (Å²) in [6.07, 6.45) is 7.65. The third-order valence-corrected chi connectivity index (χ3v) is 4.06. The van der Waals surface area contributed by atoms with Gasteiger partial charge in [-0.15, -0.1) is 0 Å². The minimum absolute atomic E-state index is 0.0679. The first-order valence-corrected chi connectivity index (χ1v) is 6.17. The summed E-state index contributed by atoms with van der Waals surface area (Å²) in [5, 5.41) is 3.17. The van der Waals surface area contributed by atoms with Crippen LogP contribution >= 0.6 is 0 Å². The van der Waals surface area contributed by atoms with E-state index in [9.17, 15) is 4.79 Å². The first-order valence-electron chi connectivity index (χ1n) is 6.17. The molecule has 2 unspecified atom stereocenters. The van der Waals surface area contributed by atoms with E-state index in [1.54, 1.807) is 0 Å². The van der Waals surface area contributed by atoms with Gasteiger partial charge in [0.25, 0.3) is 0 Å². The summed E-state index contributed by atoms with van der Waals surface area (Å²) in [4.78, 5) is 12.0. The first-order chi connectivity index (χ1) is 7.10. The lowest BCUT2D eigenvalue weighted by Gasteiger charge is -2.39. The van der Waals surface area contributed by atoms with E-state index in [1.807, 2.05) is 0 Å². The highest BCUT2D eigenvalue weighted by Gasteiger charge is 2.40. The smallest absolute Gasteiger partial charge is 0.226 e. The van der Waals surface area contributed by atoms with Crippen molar-refractivity contribution < 1.29 is 4.79 Å². The predicted octanol–water partition coefficient (Wildman–Crippen LogP) is 1.56. The second-order valence-corrected chi connectivity index (χ2v) is 5.51. The van der Waals surface area contributed by atoms with Crippen molar-refractivity contribution in [3.05, 3.63) is 0 Å². The standard InChI is InChI=1S/C12H22N2O/c1-12(6-3-7-12)11(15)14-10-5-2-4-9(13)8-10/h9-10H,2-8,13H2,1H3,(H,14,15). The number of hydrogen-bond acceptors (Lipinski definition) is 2. The van der Waals surface area contributed by atoms with E-state index in [0.29, 0.717) is 12.1 Å². The Bertz CT molecular complexity index is 248. The zero-order valence-electron chi connectivity index (χ0n) is 9.59. The van der Waals surface area contributed by atoms with Gasteiger partial charge in [-0.05, 0) is 38.5 Å². The Hall–Kier alpha value is -0.570. The van der Waals surface area contributed by atoms with Crippen LogP contribution in [-0.4, -0.2) is 18.0 Å². The number of carbonyl (C=O) groups is 1. The highest BCUT2D eigenvalue weighted by atomic mass is 16.2. The topological polar surface area (TPSA) is 55.1 Å². The van der Waals surface area contributed by atoms with Crippen molar-refractivity contribution in [1.82, 2.24) is 5.32 Å². The number of nitrogens with two attached hydrogens (primary N) is 1. The van der Waals surface area contributed by atoms with Gasteiger partial charge < -0.3 is 11.1 Å². The van der Waals surface area contributed by atoms with E-state index in [2.05, 4.69) is 12.2 Å². The number of nitrogens with one attached hydrogen (secondary N) is 1. The molecule has 86 valence electrons. The molecule has 0 radical (unpaired) electrons. The molecule has 0 aliphatic heterocycles. The average Bonchev–Trinajstić information content (AvgIpc) is 2.14. The Morgan fingerprint density at radius 1 is 1.33 bits per heavy atom. The van der Waals surface area contributed by atoms with E-state index in [4.69, 9.17) is 5.73 Å². The van der Waals surface area contributed by atoms with Gasteiger partial charge in [0.2, 0.25) is 5.91 Å². The van der Waals surface area contributed by atoms with Crippen LogP contribution in [0.4, 0.5) is 0 Å². The monoisotopic (exact) mass is 210 g/mol. The molecule has 2 rings (SSSR count). The highest BCUT2D eigenvalue weighted by molar-refractivity contribution is 5.83. The summed E-state index contributed by atoms with van der Waals surface area (Å²) in [6, 6.07) is 0.622. The van der Waals surface area contributed by atoms with Crippen LogP contribution in [0.5, 0.6) is 0 Å². The largest absolute Gasteiger partial charge is 0.353 e. The van der Waals surface area contributed by atoms with Gasteiger partial charge in [-0.2, -0.15) is 0 Å². The molecule has 0 aromatic carbocycles. The fourth-order valence-electron chi connectivity index (χ4n) is 2.65. The van der Waals surface area contributed by atoms with Crippen molar-refractivity contribution in [3.63, 3.8) is 0 Å². The Labute approximate surface area is 91.8 Å². The van der Waals surface area contributed by atoms with Crippen LogP contribution in [0.2, 0.25) is 0 Å².